The fraction of sp³-hybridized carbons (Fsp3) is 0.387. The molecule has 3 atom stereocenters. The van der Waals surface area contributed by atoms with Crippen LogP contribution >= 0.6 is 11.6 Å². The first-order valence-corrected chi connectivity index (χ1v) is 14.0. The van der Waals surface area contributed by atoms with Crippen molar-refractivity contribution >= 4 is 29.2 Å². The summed E-state index contributed by atoms with van der Waals surface area (Å²) in [5, 5.41) is 6.31. The standard InChI is InChI=1S/C31H34ClFN4O3/c1-18-9-11-25(33)24(29(18)32)17-35-30(38)21-10-12-28(34-16-21)37-13-5-6-20-14-22(15-26(20)37)36-31(39)23-7-4-8-27(40-3)19(23)2/h4,7-12,16,20,22,26H,5-6,13-15,17H2,1-3H3,(H,35,38)(H,36,39). The molecule has 0 bridgehead atoms. The lowest BCUT2D eigenvalue weighted by Gasteiger charge is -2.38. The number of rotatable bonds is 7. The number of methoxy groups -OCH3 is 1. The maximum Gasteiger partial charge on any atom is 0.253 e. The number of nitrogens with zero attached hydrogens (tertiary/aromatic N) is 2. The van der Waals surface area contributed by atoms with Crippen LogP contribution in [0.2, 0.25) is 5.02 Å². The van der Waals surface area contributed by atoms with Gasteiger partial charge in [0.2, 0.25) is 0 Å². The average molecular weight is 565 g/mol. The lowest BCUT2D eigenvalue weighted by Crippen LogP contribution is -2.43. The van der Waals surface area contributed by atoms with Gasteiger partial charge in [-0.15, -0.1) is 0 Å². The largest absolute Gasteiger partial charge is 0.496 e. The molecule has 2 fully saturated rings. The zero-order valence-corrected chi connectivity index (χ0v) is 23.7. The number of carbonyl (C=O) groups is 2. The molecule has 1 saturated carbocycles. The van der Waals surface area contributed by atoms with Crippen LogP contribution in [0.4, 0.5) is 10.2 Å². The lowest BCUT2D eigenvalue weighted by atomic mass is 9.92. The van der Waals surface area contributed by atoms with Gasteiger partial charge in [0.25, 0.3) is 11.8 Å². The highest BCUT2D eigenvalue weighted by Crippen LogP contribution is 2.39. The summed E-state index contributed by atoms with van der Waals surface area (Å²) in [4.78, 5) is 32.8. The van der Waals surface area contributed by atoms with Crippen molar-refractivity contribution in [3.8, 4) is 5.75 Å². The normalized spacial score (nSPS) is 20.1. The maximum absolute atomic E-state index is 14.2. The Labute approximate surface area is 239 Å². The molecule has 0 radical (unpaired) electrons. The number of hydrogen-bond donors (Lipinski definition) is 2. The van der Waals surface area contributed by atoms with E-state index in [0.29, 0.717) is 27.8 Å². The van der Waals surface area contributed by atoms with Gasteiger partial charge in [-0.05, 0) is 81.3 Å². The molecular weight excluding hydrogens is 531 g/mol. The number of pyridine rings is 1. The van der Waals surface area contributed by atoms with Gasteiger partial charge in [-0.2, -0.15) is 0 Å². The van der Waals surface area contributed by atoms with Gasteiger partial charge < -0.3 is 20.3 Å². The van der Waals surface area contributed by atoms with Crippen molar-refractivity contribution in [2.75, 3.05) is 18.6 Å². The Morgan fingerprint density at radius 1 is 1.12 bits per heavy atom. The highest BCUT2D eigenvalue weighted by molar-refractivity contribution is 6.32. The van der Waals surface area contributed by atoms with Crippen molar-refractivity contribution in [1.82, 2.24) is 15.6 Å². The number of carbonyl (C=O) groups excluding carboxylic acids is 2. The summed E-state index contributed by atoms with van der Waals surface area (Å²) in [6.45, 7) is 4.56. The third kappa shape index (κ3) is 5.63. The Balaban J connectivity index is 1.22. The van der Waals surface area contributed by atoms with Gasteiger partial charge in [-0.25, -0.2) is 9.37 Å². The monoisotopic (exact) mass is 564 g/mol. The first-order chi connectivity index (χ1) is 19.3. The highest BCUT2D eigenvalue weighted by atomic mass is 35.5. The fourth-order valence-corrected chi connectivity index (χ4v) is 6.29. The maximum atomic E-state index is 14.2. The molecule has 3 aromatic rings. The number of nitrogens with one attached hydrogen (secondary N) is 2. The number of fused-ring (bicyclic) bond motifs is 1. The molecule has 7 nitrogen and oxygen atoms in total. The molecule has 2 amide bonds. The number of piperidine rings is 1. The van der Waals surface area contributed by atoms with Crippen molar-refractivity contribution in [3.63, 3.8) is 0 Å². The van der Waals surface area contributed by atoms with E-state index in [0.717, 1.165) is 49.2 Å². The van der Waals surface area contributed by atoms with Crippen LogP contribution in [0.15, 0.2) is 48.7 Å². The van der Waals surface area contributed by atoms with E-state index in [1.807, 2.05) is 31.2 Å². The Hall–Kier alpha value is -3.65. The highest BCUT2D eigenvalue weighted by Gasteiger charge is 2.41. The number of ether oxygens (including phenoxy) is 1. The van der Waals surface area contributed by atoms with E-state index in [1.165, 1.54) is 6.07 Å². The quantitative estimate of drug-likeness (QED) is 0.390. The van der Waals surface area contributed by atoms with Crippen LogP contribution in [0.5, 0.6) is 5.75 Å². The van der Waals surface area contributed by atoms with Gasteiger partial charge in [-0.3, -0.25) is 9.59 Å². The topological polar surface area (TPSA) is 83.6 Å². The molecule has 5 rings (SSSR count). The molecule has 2 heterocycles. The van der Waals surface area contributed by atoms with Gasteiger partial charge in [0, 0.05) is 48.1 Å². The first kappa shape index (κ1) is 27.9. The zero-order valence-electron chi connectivity index (χ0n) is 23.0. The zero-order chi connectivity index (χ0) is 28.4. The number of anilines is 1. The summed E-state index contributed by atoms with van der Waals surface area (Å²) < 4.78 is 19.6. The molecule has 40 heavy (non-hydrogen) atoms. The van der Waals surface area contributed by atoms with E-state index >= 15 is 0 Å². The minimum absolute atomic E-state index is 0.00872. The molecule has 2 aromatic carbocycles. The minimum Gasteiger partial charge on any atom is -0.496 e. The van der Waals surface area contributed by atoms with Crippen LogP contribution < -0.4 is 20.3 Å². The molecular formula is C31H34ClFN4O3. The molecule has 1 aliphatic carbocycles. The van der Waals surface area contributed by atoms with Gasteiger partial charge in [-0.1, -0.05) is 23.7 Å². The van der Waals surface area contributed by atoms with Crippen LogP contribution in [0.25, 0.3) is 0 Å². The molecule has 0 spiro atoms. The van der Waals surface area contributed by atoms with E-state index in [9.17, 15) is 14.0 Å². The van der Waals surface area contributed by atoms with E-state index < -0.39 is 5.82 Å². The number of benzene rings is 2. The summed E-state index contributed by atoms with van der Waals surface area (Å²) in [5.74, 6) is 1.11. The first-order valence-electron chi connectivity index (χ1n) is 13.7. The minimum atomic E-state index is -0.450. The van der Waals surface area contributed by atoms with Crippen molar-refractivity contribution in [2.24, 2.45) is 5.92 Å². The van der Waals surface area contributed by atoms with Crippen LogP contribution in [-0.2, 0) is 6.54 Å². The van der Waals surface area contributed by atoms with E-state index in [2.05, 4.69) is 20.5 Å². The third-order valence-corrected chi connectivity index (χ3v) is 8.75. The molecule has 2 N–H and O–H groups in total. The Bertz CT molecular complexity index is 1410. The molecule has 3 unspecified atom stereocenters. The van der Waals surface area contributed by atoms with Crippen molar-refractivity contribution in [3.05, 3.63) is 87.3 Å². The second-order valence-electron chi connectivity index (χ2n) is 10.7. The van der Waals surface area contributed by atoms with Crippen LogP contribution in [0.1, 0.15) is 63.1 Å². The Morgan fingerprint density at radius 3 is 2.70 bits per heavy atom. The molecule has 1 aliphatic heterocycles. The van der Waals surface area contributed by atoms with Crippen LogP contribution in [0, 0.1) is 25.6 Å². The van der Waals surface area contributed by atoms with Crippen LogP contribution in [-0.4, -0.2) is 42.5 Å². The number of hydrogen-bond acceptors (Lipinski definition) is 5. The summed E-state index contributed by atoms with van der Waals surface area (Å²) in [5.41, 5.74) is 2.88. The predicted molar refractivity (Wildman–Crippen MR) is 154 cm³/mol. The van der Waals surface area contributed by atoms with Crippen LogP contribution in [0.3, 0.4) is 0 Å². The summed E-state index contributed by atoms with van der Waals surface area (Å²) in [6, 6.07) is 12.4. The molecule has 1 saturated heterocycles. The Morgan fingerprint density at radius 2 is 1.95 bits per heavy atom. The van der Waals surface area contributed by atoms with E-state index in [1.54, 1.807) is 32.4 Å². The second kappa shape index (κ2) is 11.8. The van der Waals surface area contributed by atoms with E-state index in [4.69, 9.17) is 16.3 Å². The Kier molecular flexibility index (Phi) is 8.26. The second-order valence-corrected chi connectivity index (χ2v) is 11.1. The lowest BCUT2D eigenvalue weighted by molar-refractivity contribution is 0.0932. The number of halogens is 2. The molecule has 2 aliphatic rings. The summed E-state index contributed by atoms with van der Waals surface area (Å²) in [7, 11) is 1.61. The van der Waals surface area contributed by atoms with Gasteiger partial charge >= 0.3 is 0 Å². The van der Waals surface area contributed by atoms with Crippen molar-refractivity contribution in [2.45, 2.75) is 58.2 Å². The van der Waals surface area contributed by atoms with Crippen molar-refractivity contribution < 1.29 is 18.7 Å². The van der Waals surface area contributed by atoms with Crippen molar-refractivity contribution in [1.29, 1.82) is 0 Å². The predicted octanol–water partition coefficient (Wildman–Crippen LogP) is 5.61. The third-order valence-electron chi connectivity index (χ3n) is 8.22. The fourth-order valence-electron chi connectivity index (χ4n) is 6.07. The summed E-state index contributed by atoms with van der Waals surface area (Å²) in [6.07, 6.45) is 5.48. The average Bonchev–Trinajstić information content (AvgIpc) is 3.37. The molecule has 9 heteroatoms. The van der Waals surface area contributed by atoms with Gasteiger partial charge in [0.05, 0.1) is 17.7 Å². The summed E-state index contributed by atoms with van der Waals surface area (Å²) >= 11 is 6.23. The van der Waals surface area contributed by atoms with E-state index in [-0.39, 0.29) is 36.0 Å². The smallest absolute Gasteiger partial charge is 0.253 e. The number of aryl methyl sites for hydroxylation is 1. The van der Waals surface area contributed by atoms with Gasteiger partial charge in [0.1, 0.15) is 17.4 Å². The van der Waals surface area contributed by atoms with Gasteiger partial charge in [0.15, 0.2) is 0 Å². The number of amides is 2. The number of aromatic nitrogens is 1. The molecule has 210 valence electrons. The molecule has 1 aromatic heterocycles. The SMILES string of the molecule is COc1cccc(C(=O)NC2CC3CCCN(c4ccc(C(=O)NCc5c(F)ccc(C)c5Cl)cn4)C3C2)c1C.